The summed E-state index contributed by atoms with van der Waals surface area (Å²) < 4.78 is 12.3. The minimum Gasteiger partial charge on any atom is -0.489 e. The van der Waals surface area contributed by atoms with Crippen molar-refractivity contribution >= 4 is 17.5 Å². The SMILES string of the molecule is C#Cc1cccc(CC(=O)C[C@H]2[C@H]3Oc4ccc(Oc5ccnc6c5CCC(=O)N6)cc4[C@@H]23)c1. The number of pyridine rings is 1. The summed E-state index contributed by atoms with van der Waals surface area (Å²) in [6.07, 6.45) is 9.02. The predicted molar refractivity (Wildman–Crippen MR) is 126 cm³/mol. The van der Waals surface area contributed by atoms with Crippen molar-refractivity contribution < 1.29 is 19.1 Å². The van der Waals surface area contributed by atoms with Gasteiger partial charge in [-0.25, -0.2) is 4.98 Å². The van der Waals surface area contributed by atoms with E-state index < -0.39 is 0 Å². The number of aromatic nitrogens is 1. The van der Waals surface area contributed by atoms with E-state index in [0.717, 1.165) is 28.0 Å². The van der Waals surface area contributed by atoms with Gasteiger partial charge in [0.2, 0.25) is 5.91 Å². The van der Waals surface area contributed by atoms with Gasteiger partial charge in [0.15, 0.2) is 0 Å². The Morgan fingerprint density at radius 2 is 2.12 bits per heavy atom. The molecule has 0 saturated heterocycles. The fourth-order valence-corrected chi connectivity index (χ4v) is 5.07. The van der Waals surface area contributed by atoms with Gasteiger partial charge < -0.3 is 14.8 Å². The van der Waals surface area contributed by atoms with E-state index in [0.29, 0.717) is 43.0 Å². The summed E-state index contributed by atoms with van der Waals surface area (Å²) >= 11 is 0. The van der Waals surface area contributed by atoms with E-state index in [-0.39, 0.29) is 29.6 Å². The van der Waals surface area contributed by atoms with Crippen molar-refractivity contribution in [3.8, 4) is 29.6 Å². The first-order chi connectivity index (χ1) is 16.6. The second kappa shape index (κ2) is 8.03. The van der Waals surface area contributed by atoms with Crippen molar-refractivity contribution in [1.82, 2.24) is 4.98 Å². The van der Waals surface area contributed by atoms with Gasteiger partial charge in [0.1, 0.15) is 35.0 Å². The average molecular weight is 450 g/mol. The summed E-state index contributed by atoms with van der Waals surface area (Å²) in [7, 11) is 0. The molecule has 6 nitrogen and oxygen atoms in total. The Labute approximate surface area is 197 Å². The quantitative estimate of drug-likeness (QED) is 0.563. The van der Waals surface area contributed by atoms with Crippen molar-refractivity contribution in [3.63, 3.8) is 0 Å². The lowest BCUT2D eigenvalue weighted by Gasteiger charge is -2.19. The molecule has 1 aromatic heterocycles. The zero-order valence-corrected chi connectivity index (χ0v) is 18.4. The smallest absolute Gasteiger partial charge is 0.225 e. The molecule has 3 aliphatic rings. The van der Waals surface area contributed by atoms with Crippen LogP contribution in [0.3, 0.4) is 0 Å². The normalized spacial score (nSPS) is 21.3. The van der Waals surface area contributed by atoms with Crippen molar-refractivity contribution in [2.75, 3.05) is 5.32 Å². The van der Waals surface area contributed by atoms with E-state index in [1.54, 1.807) is 6.20 Å². The Hall–Kier alpha value is -4.11. The topological polar surface area (TPSA) is 77.5 Å². The van der Waals surface area contributed by atoms with Crippen LogP contribution in [0.1, 0.15) is 41.0 Å². The van der Waals surface area contributed by atoms with Gasteiger partial charge in [-0.15, -0.1) is 6.42 Å². The van der Waals surface area contributed by atoms with Crippen LogP contribution in [0.25, 0.3) is 0 Å². The number of hydrogen-bond acceptors (Lipinski definition) is 5. The maximum Gasteiger partial charge on any atom is 0.225 e. The highest BCUT2D eigenvalue weighted by Crippen LogP contribution is 2.60. The zero-order valence-electron chi connectivity index (χ0n) is 18.4. The lowest BCUT2D eigenvalue weighted by Crippen LogP contribution is -2.20. The maximum absolute atomic E-state index is 12.7. The van der Waals surface area contributed by atoms with E-state index >= 15 is 0 Å². The number of Topliss-reactive ketones (excluding diaryl/α,β-unsaturated/α-hetero) is 1. The second-order valence-corrected chi connectivity index (χ2v) is 9.02. The van der Waals surface area contributed by atoms with Gasteiger partial charge in [0.05, 0.1) is 0 Å². The molecule has 1 fully saturated rings. The third kappa shape index (κ3) is 3.69. The molecule has 1 aliphatic carbocycles. The minimum absolute atomic E-state index is 0.0315. The Balaban J connectivity index is 1.14. The molecule has 0 radical (unpaired) electrons. The van der Waals surface area contributed by atoms with E-state index in [9.17, 15) is 9.59 Å². The number of ether oxygens (including phenoxy) is 2. The molecule has 0 bridgehead atoms. The molecular weight excluding hydrogens is 428 g/mol. The predicted octanol–water partition coefficient (Wildman–Crippen LogP) is 4.42. The van der Waals surface area contributed by atoms with Crippen LogP contribution in [0.2, 0.25) is 0 Å². The number of benzene rings is 2. The molecule has 1 N–H and O–H groups in total. The van der Waals surface area contributed by atoms with Crippen LogP contribution in [0.4, 0.5) is 5.82 Å². The van der Waals surface area contributed by atoms with Crippen LogP contribution in [0.15, 0.2) is 54.7 Å². The van der Waals surface area contributed by atoms with Gasteiger partial charge in [-0.2, -0.15) is 0 Å². The molecule has 6 rings (SSSR count). The van der Waals surface area contributed by atoms with Gasteiger partial charge in [0, 0.05) is 54.0 Å². The summed E-state index contributed by atoms with van der Waals surface area (Å²) in [5, 5.41) is 2.80. The molecule has 2 aromatic carbocycles. The highest BCUT2D eigenvalue weighted by atomic mass is 16.5. The minimum atomic E-state index is -0.0315. The highest BCUT2D eigenvalue weighted by Gasteiger charge is 2.59. The first-order valence-corrected chi connectivity index (χ1v) is 11.4. The average Bonchev–Trinajstić information content (AvgIpc) is 3.35. The van der Waals surface area contributed by atoms with Gasteiger partial charge in [-0.1, -0.05) is 18.1 Å². The van der Waals surface area contributed by atoms with E-state index in [2.05, 4.69) is 16.2 Å². The van der Waals surface area contributed by atoms with Crippen LogP contribution in [-0.4, -0.2) is 22.8 Å². The Bertz CT molecular complexity index is 1370. The van der Waals surface area contributed by atoms with Gasteiger partial charge in [-0.3, -0.25) is 9.59 Å². The van der Waals surface area contributed by atoms with Crippen molar-refractivity contribution in [2.45, 2.75) is 37.7 Å². The van der Waals surface area contributed by atoms with Crippen LogP contribution in [-0.2, 0) is 22.4 Å². The lowest BCUT2D eigenvalue weighted by molar-refractivity contribution is -0.119. The number of rotatable bonds is 6. The second-order valence-electron chi connectivity index (χ2n) is 9.02. The van der Waals surface area contributed by atoms with E-state index in [1.165, 1.54) is 0 Å². The number of nitrogens with one attached hydrogen (secondary N) is 1. The molecule has 3 aromatic rings. The number of terminal acetylenes is 1. The summed E-state index contributed by atoms with van der Waals surface area (Å²) in [4.78, 5) is 28.6. The molecule has 1 saturated carbocycles. The third-order valence-corrected chi connectivity index (χ3v) is 6.76. The molecule has 0 unspecified atom stereocenters. The number of nitrogens with zero attached hydrogens (tertiary/aromatic N) is 1. The molecule has 2 aliphatic heterocycles. The van der Waals surface area contributed by atoms with Gasteiger partial charge in [0.25, 0.3) is 0 Å². The summed E-state index contributed by atoms with van der Waals surface area (Å²) in [5.41, 5.74) is 3.72. The number of carbonyl (C=O) groups excluding carboxylic acids is 2. The maximum atomic E-state index is 12.7. The zero-order chi connectivity index (χ0) is 23.2. The Morgan fingerprint density at radius 1 is 1.21 bits per heavy atom. The molecule has 168 valence electrons. The number of ketones is 1. The molecule has 34 heavy (non-hydrogen) atoms. The highest BCUT2D eigenvalue weighted by molar-refractivity contribution is 5.93. The lowest BCUT2D eigenvalue weighted by atomic mass is 10.0. The molecule has 3 atom stereocenters. The summed E-state index contributed by atoms with van der Waals surface area (Å²) in [6.45, 7) is 0. The van der Waals surface area contributed by atoms with Crippen LogP contribution in [0, 0.1) is 18.3 Å². The van der Waals surface area contributed by atoms with Gasteiger partial charge >= 0.3 is 0 Å². The number of carbonyl (C=O) groups is 2. The van der Waals surface area contributed by atoms with Crippen LogP contribution in [0.5, 0.6) is 17.2 Å². The number of fused-ring (bicyclic) bond motifs is 4. The standard InChI is InChI=1S/C28H22N2O4/c1-2-16-4-3-5-17(12-16)13-18(31)14-22-26-21-15-19(6-8-23(21)34-27(22)26)33-24-10-11-29-28-20(24)7-9-25(32)30-28/h1,3-6,8,10-12,15,22,26-27H,7,9,13-14H2,(H,29,30,32)/t22-,26+,27-/m1/s1. The molecule has 6 heteroatoms. The first-order valence-electron chi connectivity index (χ1n) is 11.4. The van der Waals surface area contributed by atoms with Crippen LogP contribution < -0.4 is 14.8 Å². The fourth-order valence-electron chi connectivity index (χ4n) is 5.07. The molecule has 3 heterocycles. The van der Waals surface area contributed by atoms with Crippen molar-refractivity contribution in [2.24, 2.45) is 5.92 Å². The molecular formula is C28H22N2O4. The van der Waals surface area contributed by atoms with E-state index in [4.69, 9.17) is 15.9 Å². The Morgan fingerprint density at radius 3 is 3.00 bits per heavy atom. The third-order valence-electron chi connectivity index (χ3n) is 6.76. The molecule has 0 spiro atoms. The number of hydrogen-bond donors (Lipinski definition) is 1. The van der Waals surface area contributed by atoms with Crippen molar-refractivity contribution in [3.05, 3.63) is 77.0 Å². The van der Waals surface area contributed by atoms with Crippen LogP contribution >= 0.6 is 0 Å². The monoisotopic (exact) mass is 450 g/mol. The number of anilines is 1. The fraction of sp³-hybridized carbons (Fsp3) is 0.250. The van der Waals surface area contributed by atoms with Gasteiger partial charge in [-0.05, 0) is 48.4 Å². The largest absolute Gasteiger partial charge is 0.489 e. The summed E-state index contributed by atoms with van der Waals surface area (Å²) in [6, 6.07) is 15.2. The molecule has 1 amide bonds. The Kier molecular flexibility index (Phi) is 4.84. The number of amides is 1. The van der Waals surface area contributed by atoms with E-state index in [1.807, 2.05) is 48.5 Å². The van der Waals surface area contributed by atoms with Crippen molar-refractivity contribution in [1.29, 1.82) is 0 Å². The summed E-state index contributed by atoms with van der Waals surface area (Å²) in [5.74, 6) is 5.99. The first kappa shape index (κ1) is 20.5.